The Morgan fingerprint density at radius 1 is 1.37 bits per heavy atom. The van der Waals surface area contributed by atoms with Gasteiger partial charge < -0.3 is 9.84 Å². The number of carbonyl (C=O) groups is 1. The molecule has 2 aromatic heterocycles. The van der Waals surface area contributed by atoms with Crippen LogP contribution in [0.25, 0.3) is 0 Å². The number of benzene rings is 1. The van der Waals surface area contributed by atoms with E-state index in [1.807, 2.05) is 24.3 Å². The van der Waals surface area contributed by atoms with E-state index in [-0.39, 0.29) is 6.03 Å². The van der Waals surface area contributed by atoms with E-state index in [0.717, 1.165) is 24.2 Å². The highest BCUT2D eigenvalue weighted by Crippen LogP contribution is 2.38. The molecule has 140 valence electrons. The fourth-order valence-electron chi connectivity index (χ4n) is 2.69. The topological polar surface area (TPSA) is 97.9 Å². The lowest BCUT2D eigenvalue weighted by atomic mass is 10.2. The molecule has 0 unspecified atom stereocenters. The zero-order chi connectivity index (χ0) is 18.8. The minimum Gasteiger partial charge on any atom is -0.337 e. The molecule has 0 spiro atoms. The summed E-state index contributed by atoms with van der Waals surface area (Å²) in [4.78, 5) is 16.7. The van der Waals surface area contributed by atoms with Crippen molar-refractivity contribution >= 4 is 23.4 Å². The molecule has 1 atom stereocenters. The minimum absolute atomic E-state index is 0.380. The highest BCUT2D eigenvalue weighted by atomic mass is 35.5. The molecule has 8 nitrogen and oxygen atoms in total. The van der Waals surface area contributed by atoms with E-state index in [4.69, 9.17) is 16.1 Å². The molecule has 27 heavy (non-hydrogen) atoms. The standard InChI is InChI=1S/C18H19ClN6O2/c1-11(17-23-16(24-27-17)12-6-7-12)21-18(26)22-15-8-9-20-25(15)10-13-4-2-3-5-14(13)19/h2-5,8-9,11-12H,6-7,10H2,1H3,(H2,21,22,26)/t11-/m1/s1. The van der Waals surface area contributed by atoms with Gasteiger partial charge in [0.05, 0.1) is 12.7 Å². The Morgan fingerprint density at radius 2 is 2.19 bits per heavy atom. The van der Waals surface area contributed by atoms with Gasteiger partial charge in [0, 0.05) is 17.0 Å². The van der Waals surface area contributed by atoms with Crippen LogP contribution in [0.2, 0.25) is 5.02 Å². The predicted molar refractivity (Wildman–Crippen MR) is 99.6 cm³/mol. The molecular formula is C18H19ClN6O2. The van der Waals surface area contributed by atoms with E-state index in [1.165, 1.54) is 0 Å². The van der Waals surface area contributed by atoms with Crippen LogP contribution in [-0.2, 0) is 6.54 Å². The number of nitrogens with one attached hydrogen (secondary N) is 2. The van der Waals surface area contributed by atoms with Crippen molar-refractivity contribution in [3.63, 3.8) is 0 Å². The number of hydrogen-bond donors (Lipinski definition) is 2. The first kappa shape index (κ1) is 17.5. The van der Waals surface area contributed by atoms with E-state index in [1.54, 1.807) is 23.9 Å². The number of carbonyl (C=O) groups excluding carboxylic acids is 1. The highest BCUT2D eigenvalue weighted by Gasteiger charge is 2.29. The fraction of sp³-hybridized carbons (Fsp3) is 0.333. The summed E-state index contributed by atoms with van der Waals surface area (Å²) in [5, 5.41) is 14.5. The number of rotatable bonds is 6. The Balaban J connectivity index is 1.38. The molecule has 1 fully saturated rings. The summed E-state index contributed by atoms with van der Waals surface area (Å²) < 4.78 is 6.91. The number of aromatic nitrogens is 4. The SMILES string of the molecule is C[C@@H](NC(=O)Nc1ccnn1Cc1ccccc1Cl)c1nc(C2CC2)no1. The normalized spacial score (nSPS) is 14.7. The van der Waals surface area contributed by atoms with Crippen molar-refractivity contribution < 1.29 is 9.32 Å². The Morgan fingerprint density at radius 3 is 2.96 bits per heavy atom. The van der Waals surface area contributed by atoms with Gasteiger partial charge >= 0.3 is 6.03 Å². The molecule has 0 bridgehead atoms. The third kappa shape index (κ3) is 4.11. The number of halogens is 1. The van der Waals surface area contributed by atoms with Crippen LogP contribution in [-0.4, -0.2) is 26.0 Å². The molecule has 4 rings (SSSR count). The van der Waals surface area contributed by atoms with Gasteiger partial charge in [0.15, 0.2) is 5.82 Å². The highest BCUT2D eigenvalue weighted by molar-refractivity contribution is 6.31. The van der Waals surface area contributed by atoms with Crippen LogP contribution in [0.1, 0.15) is 49.0 Å². The van der Waals surface area contributed by atoms with Crippen molar-refractivity contribution in [2.24, 2.45) is 0 Å². The van der Waals surface area contributed by atoms with Crippen LogP contribution in [0.5, 0.6) is 0 Å². The summed E-state index contributed by atoms with van der Waals surface area (Å²) >= 11 is 6.20. The molecule has 0 aliphatic heterocycles. The molecule has 2 amide bonds. The van der Waals surface area contributed by atoms with Crippen molar-refractivity contribution in [1.82, 2.24) is 25.2 Å². The molecule has 1 aliphatic rings. The zero-order valence-electron chi connectivity index (χ0n) is 14.7. The summed E-state index contributed by atoms with van der Waals surface area (Å²) in [6.45, 7) is 2.25. The monoisotopic (exact) mass is 386 g/mol. The average molecular weight is 387 g/mol. The number of urea groups is 1. The van der Waals surface area contributed by atoms with Gasteiger partial charge in [-0.05, 0) is 31.4 Å². The maximum absolute atomic E-state index is 12.3. The second kappa shape index (κ2) is 7.40. The molecule has 3 aromatic rings. The van der Waals surface area contributed by atoms with Gasteiger partial charge in [0.2, 0.25) is 5.89 Å². The molecule has 2 N–H and O–H groups in total. The van der Waals surface area contributed by atoms with E-state index in [9.17, 15) is 4.79 Å². The molecule has 1 saturated carbocycles. The molecule has 9 heteroatoms. The van der Waals surface area contributed by atoms with Gasteiger partial charge in [-0.15, -0.1) is 0 Å². The number of hydrogen-bond acceptors (Lipinski definition) is 5. The Kier molecular flexibility index (Phi) is 4.81. The first-order chi connectivity index (χ1) is 13.1. The van der Waals surface area contributed by atoms with Crippen LogP contribution in [0.4, 0.5) is 10.6 Å². The van der Waals surface area contributed by atoms with Gasteiger partial charge in [-0.3, -0.25) is 5.32 Å². The summed E-state index contributed by atoms with van der Waals surface area (Å²) in [6, 6.07) is 8.46. The van der Waals surface area contributed by atoms with Gasteiger partial charge in [0.25, 0.3) is 0 Å². The second-order valence-electron chi connectivity index (χ2n) is 6.55. The number of amides is 2. The summed E-state index contributed by atoms with van der Waals surface area (Å²) in [7, 11) is 0. The summed E-state index contributed by atoms with van der Waals surface area (Å²) in [6.07, 6.45) is 3.81. The Bertz CT molecular complexity index is 949. The van der Waals surface area contributed by atoms with Gasteiger partial charge in [-0.2, -0.15) is 10.1 Å². The van der Waals surface area contributed by atoms with Crippen molar-refractivity contribution in [3.05, 3.63) is 58.8 Å². The summed E-state index contributed by atoms with van der Waals surface area (Å²) in [5.41, 5.74) is 0.915. The lowest BCUT2D eigenvalue weighted by Crippen LogP contribution is -2.32. The van der Waals surface area contributed by atoms with E-state index in [2.05, 4.69) is 25.9 Å². The largest absolute Gasteiger partial charge is 0.337 e. The number of anilines is 1. The molecule has 0 saturated heterocycles. The van der Waals surface area contributed by atoms with Crippen molar-refractivity contribution in [2.45, 2.75) is 38.3 Å². The molecule has 2 heterocycles. The number of nitrogens with zero attached hydrogens (tertiary/aromatic N) is 4. The minimum atomic E-state index is -0.398. The first-order valence-electron chi connectivity index (χ1n) is 8.76. The summed E-state index contributed by atoms with van der Waals surface area (Å²) in [5.74, 6) is 2.08. The second-order valence-corrected chi connectivity index (χ2v) is 6.96. The van der Waals surface area contributed by atoms with Gasteiger partial charge in [0.1, 0.15) is 11.9 Å². The smallest absolute Gasteiger partial charge is 0.321 e. The Labute approximate surface area is 160 Å². The first-order valence-corrected chi connectivity index (χ1v) is 9.14. The maximum Gasteiger partial charge on any atom is 0.321 e. The predicted octanol–water partition coefficient (Wildman–Crippen LogP) is 3.73. The van der Waals surface area contributed by atoms with Crippen LogP contribution in [0.15, 0.2) is 41.1 Å². The van der Waals surface area contributed by atoms with Crippen LogP contribution < -0.4 is 10.6 Å². The molecular weight excluding hydrogens is 368 g/mol. The lowest BCUT2D eigenvalue weighted by molar-refractivity contribution is 0.245. The van der Waals surface area contributed by atoms with Crippen LogP contribution in [0.3, 0.4) is 0 Å². The third-order valence-corrected chi connectivity index (χ3v) is 4.72. The van der Waals surface area contributed by atoms with Crippen molar-refractivity contribution in [2.75, 3.05) is 5.32 Å². The Hall–Kier alpha value is -2.87. The van der Waals surface area contributed by atoms with Crippen molar-refractivity contribution in [3.8, 4) is 0 Å². The van der Waals surface area contributed by atoms with E-state index in [0.29, 0.717) is 29.2 Å². The van der Waals surface area contributed by atoms with Gasteiger partial charge in [-0.1, -0.05) is 35.0 Å². The molecule has 0 radical (unpaired) electrons. The molecule has 1 aromatic carbocycles. The van der Waals surface area contributed by atoms with Gasteiger partial charge in [-0.25, -0.2) is 9.48 Å². The zero-order valence-corrected chi connectivity index (χ0v) is 15.5. The van der Waals surface area contributed by atoms with Crippen LogP contribution in [0, 0.1) is 0 Å². The molecule has 1 aliphatic carbocycles. The maximum atomic E-state index is 12.3. The van der Waals surface area contributed by atoms with Crippen LogP contribution >= 0.6 is 11.6 Å². The van der Waals surface area contributed by atoms with Crippen molar-refractivity contribution in [1.29, 1.82) is 0 Å². The lowest BCUT2D eigenvalue weighted by Gasteiger charge is -2.13. The van der Waals surface area contributed by atoms with E-state index < -0.39 is 6.04 Å². The fourth-order valence-corrected chi connectivity index (χ4v) is 2.89. The quantitative estimate of drug-likeness (QED) is 0.672. The third-order valence-electron chi connectivity index (χ3n) is 4.35. The van der Waals surface area contributed by atoms with E-state index >= 15 is 0 Å². The average Bonchev–Trinajstić information content (AvgIpc) is 3.21.